The van der Waals surface area contributed by atoms with E-state index in [0.29, 0.717) is 11.5 Å². The molecule has 0 spiro atoms. The van der Waals surface area contributed by atoms with Crippen molar-refractivity contribution < 1.29 is 5.11 Å². The monoisotopic (exact) mass is 208 g/mol. The third kappa shape index (κ3) is 2.18. The summed E-state index contributed by atoms with van der Waals surface area (Å²) >= 11 is 0. The van der Waals surface area contributed by atoms with E-state index in [9.17, 15) is 5.11 Å². The van der Waals surface area contributed by atoms with Crippen molar-refractivity contribution in [3.8, 4) is 5.88 Å². The summed E-state index contributed by atoms with van der Waals surface area (Å²) in [5.74, 6) is 0.713. The van der Waals surface area contributed by atoms with Crippen LogP contribution in [0.5, 0.6) is 5.88 Å². The van der Waals surface area contributed by atoms with Crippen LogP contribution in [0, 0.1) is 6.92 Å². The zero-order chi connectivity index (χ0) is 10.8. The van der Waals surface area contributed by atoms with Crippen molar-refractivity contribution >= 4 is 5.95 Å². The molecule has 82 valence electrons. The number of aromatic hydroxyl groups is 1. The lowest BCUT2D eigenvalue weighted by atomic mass is 10.3. The summed E-state index contributed by atoms with van der Waals surface area (Å²) in [7, 11) is 2.10. The Labute approximate surface area is 89.4 Å². The van der Waals surface area contributed by atoms with Gasteiger partial charge in [-0.15, -0.1) is 0 Å². The van der Waals surface area contributed by atoms with Crippen molar-refractivity contribution in [1.29, 1.82) is 0 Å². The van der Waals surface area contributed by atoms with Crippen LogP contribution < -0.4 is 4.90 Å². The number of hydrogen-bond donors (Lipinski definition) is 1. The molecule has 2 heterocycles. The third-order valence-electron chi connectivity index (χ3n) is 2.72. The molecule has 5 heteroatoms. The topological polar surface area (TPSA) is 52.5 Å². The van der Waals surface area contributed by atoms with E-state index in [1.165, 1.54) is 0 Å². The van der Waals surface area contributed by atoms with E-state index < -0.39 is 0 Å². The van der Waals surface area contributed by atoms with Gasteiger partial charge >= 0.3 is 0 Å². The largest absolute Gasteiger partial charge is 0.493 e. The van der Waals surface area contributed by atoms with Gasteiger partial charge in [0.1, 0.15) is 0 Å². The first-order valence-corrected chi connectivity index (χ1v) is 5.13. The maximum Gasteiger partial charge on any atom is 0.228 e. The minimum absolute atomic E-state index is 0.0823. The van der Waals surface area contributed by atoms with Crippen molar-refractivity contribution in [3.63, 3.8) is 0 Å². The van der Waals surface area contributed by atoms with Gasteiger partial charge in [0.25, 0.3) is 0 Å². The lowest BCUT2D eigenvalue weighted by Gasteiger charge is -2.32. The molecule has 1 aromatic heterocycles. The first kappa shape index (κ1) is 10.2. The molecule has 0 aliphatic carbocycles. The number of nitrogens with zero attached hydrogens (tertiary/aromatic N) is 4. The Hall–Kier alpha value is -1.36. The molecule has 0 atom stereocenters. The van der Waals surface area contributed by atoms with E-state index in [-0.39, 0.29) is 5.88 Å². The number of aryl methyl sites for hydroxylation is 1. The Kier molecular flexibility index (Phi) is 2.73. The molecule has 0 aromatic carbocycles. The predicted octanol–water partition coefficient (Wildman–Crippen LogP) is 0.242. The summed E-state index contributed by atoms with van der Waals surface area (Å²) in [4.78, 5) is 12.7. The molecule has 1 fully saturated rings. The molecule has 15 heavy (non-hydrogen) atoms. The smallest absolute Gasteiger partial charge is 0.228 e. The van der Waals surface area contributed by atoms with E-state index >= 15 is 0 Å². The van der Waals surface area contributed by atoms with Gasteiger partial charge in [-0.1, -0.05) is 0 Å². The van der Waals surface area contributed by atoms with Gasteiger partial charge in [-0.25, -0.2) is 4.98 Å². The van der Waals surface area contributed by atoms with Crippen LogP contribution in [0.3, 0.4) is 0 Å². The lowest BCUT2D eigenvalue weighted by Crippen LogP contribution is -2.45. The highest BCUT2D eigenvalue weighted by Gasteiger charge is 2.16. The van der Waals surface area contributed by atoms with Crippen molar-refractivity contribution in [1.82, 2.24) is 14.9 Å². The second-order valence-corrected chi connectivity index (χ2v) is 3.97. The van der Waals surface area contributed by atoms with Crippen LogP contribution >= 0.6 is 0 Å². The Morgan fingerprint density at radius 3 is 2.53 bits per heavy atom. The fourth-order valence-electron chi connectivity index (χ4n) is 1.58. The summed E-state index contributed by atoms with van der Waals surface area (Å²) in [5.41, 5.74) is 0.716. The molecule has 1 aromatic rings. The molecule has 0 saturated carbocycles. The number of aromatic nitrogens is 2. The summed E-state index contributed by atoms with van der Waals surface area (Å²) in [6.45, 7) is 5.65. The van der Waals surface area contributed by atoms with Crippen molar-refractivity contribution in [3.05, 3.63) is 11.8 Å². The average Bonchev–Trinajstić information content (AvgIpc) is 2.23. The van der Waals surface area contributed by atoms with E-state index in [4.69, 9.17) is 0 Å². The Bertz CT molecular complexity index is 347. The summed E-state index contributed by atoms with van der Waals surface area (Å²) in [6.07, 6.45) is 1.66. The van der Waals surface area contributed by atoms with Crippen molar-refractivity contribution in [2.24, 2.45) is 0 Å². The molecular weight excluding hydrogens is 192 g/mol. The van der Waals surface area contributed by atoms with Gasteiger partial charge < -0.3 is 14.9 Å². The number of hydrogen-bond acceptors (Lipinski definition) is 5. The molecule has 2 rings (SSSR count). The molecule has 0 amide bonds. The van der Waals surface area contributed by atoms with Gasteiger partial charge in [-0.05, 0) is 14.0 Å². The second-order valence-electron chi connectivity index (χ2n) is 3.97. The van der Waals surface area contributed by atoms with Crippen molar-refractivity contribution in [2.45, 2.75) is 6.92 Å². The molecule has 5 nitrogen and oxygen atoms in total. The lowest BCUT2D eigenvalue weighted by molar-refractivity contribution is 0.310. The maximum atomic E-state index is 9.49. The Morgan fingerprint density at radius 1 is 1.27 bits per heavy atom. The van der Waals surface area contributed by atoms with Gasteiger partial charge in [0, 0.05) is 37.9 Å². The predicted molar refractivity (Wildman–Crippen MR) is 58.1 cm³/mol. The molecule has 0 bridgehead atoms. The number of likely N-dealkylation sites (N-methyl/N-ethyl adjacent to an activating group) is 1. The van der Waals surface area contributed by atoms with E-state index in [0.717, 1.165) is 26.2 Å². The van der Waals surface area contributed by atoms with Gasteiger partial charge in [-0.2, -0.15) is 4.98 Å². The van der Waals surface area contributed by atoms with E-state index in [1.54, 1.807) is 13.1 Å². The van der Waals surface area contributed by atoms with E-state index in [1.807, 2.05) is 0 Å². The third-order valence-corrected chi connectivity index (χ3v) is 2.72. The maximum absolute atomic E-state index is 9.49. The second kappa shape index (κ2) is 4.02. The van der Waals surface area contributed by atoms with Crippen LogP contribution in [-0.2, 0) is 0 Å². The van der Waals surface area contributed by atoms with Crippen LogP contribution in [-0.4, -0.2) is 53.2 Å². The molecule has 1 saturated heterocycles. The van der Waals surface area contributed by atoms with E-state index in [2.05, 4.69) is 26.8 Å². The fraction of sp³-hybridized carbons (Fsp3) is 0.600. The first-order valence-electron chi connectivity index (χ1n) is 5.13. The van der Waals surface area contributed by atoms with Gasteiger partial charge in [0.15, 0.2) is 0 Å². The highest BCUT2D eigenvalue weighted by atomic mass is 16.3. The Balaban J connectivity index is 2.12. The molecule has 0 unspecified atom stereocenters. The van der Waals surface area contributed by atoms with Gasteiger partial charge in [0.2, 0.25) is 11.8 Å². The van der Waals surface area contributed by atoms with Gasteiger partial charge in [-0.3, -0.25) is 0 Å². The van der Waals surface area contributed by atoms with Crippen LogP contribution in [0.1, 0.15) is 5.56 Å². The minimum Gasteiger partial charge on any atom is -0.493 e. The van der Waals surface area contributed by atoms with Crippen LogP contribution in [0.15, 0.2) is 6.20 Å². The highest BCUT2D eigenvalue weighted by Crippen LogP contribution is 2.16. The zero-order valence-electron chi connectivity index (χ0n) is 9.14. The highest BCUT2D eigenvalue weighted by molar-refractivity contribution is 5.35. The van der Waals surface area contributed by atoms with Crippen LogP contribution in [0.4, 0.5) is 5.95 Å². The molecule has 1 N–H and O–H groups in total. The number of anilines is 1. The molecule has 0 radical (unpaired) electrons. The van der Waals surface area contributed by atoms with Crippen LogP contribution in [0.2, 0.25) is 0 Å². The van der Waals surface area contributed by atoms with Crippen molar-refractivity contribution in [2.75, 3.05) is 38.1 Å². The molecule has 1 aliphatic heterocycles. The molecule has 1 aliphatic rings. The normalized spacial score (nSPS) is 18.1. The summed E-state index contributed by atoms with van der Waals surface area (Å²) in [5, 5.41) is 9.49. The SMILES string of the molecule is Cc1cnc(N2CCN(C)CC2)nc1O. The van der Waals surface area contributed by atoms with Crippen LogP contribution in [0.25, 0.3) is 0 Å². The average molecular weight is 208 g/mol. The standard InChI is InChI=1S/C10H16N4O/c1-8-7-11-10(12-9(8)15)14-5-3-13(2)4-6-14/h7H,3-6H2,1-2H3,(H,11,12,15). The minimum atomic E-state index is 0.0823. The zero-order valence-corrected chi connectivity index (χ0v) is 9.14. The van der Waals surface area contributed by atoms with Gasteiger partial charge in [0.05, 0.1) is 0 Å². The fourth-order valence-corrected chi connectivity index (χ4v) is 1.58. The summed E-state index contributed by atoms with van der Waals surface area (Å²) < 4.78 is 0. The first-order chi connectivity index (χ1) is 7.16. The summed E-state index contributed by atoms with van der Waals surface area (Å²) in [6, 6.07) is 0. The number of piperazine rings is 1. The quantitative estimate of drug-likeness (QED) is 0.716. The number of rotatable bonds is 1. The Morgan fingerprint density at radius 2 is 1.93 bits per heavy atom. The molecular formula is C10H16N4O.